The highest BCUT2D eigenvalue weighted by atomic mass is 127. The van der Waals surface area contributed by atoms with Crippen molar-refractivity contribution in [3.63, 3.8) is 0 Å². The van der Waals surface area contributed by atoms with Gasteiger partial charge in [0.1, 0.15) is 0 Å². The Morgan fingerprint density at radius 3 is 2.19 bits per heavy atom. The zero-order valence-electron chi connectivity index (χ0n) is 14.8. The number of carbonyl (C=O) groups excluding carboxylic acids is 1. The van der Waals surface area contributed by atoms with Gasteiger partial charge in [-0.15, -0.1) is 10.2 Å². The summed E-state index contributed by atoms with van der Waals surface area (Å²) in [4.78, 5) is 16.8. The minimum absolute atomic E-state index is 0.102. The molecule has 1 amide bonds. The summed E-state index contributed by atoms with van der Waals surface area (Å²) in [6.07, 6.45) is 0. The van der Waals surface area contributed by atoms with Crippen LogP contribution in [0.2, 0.25) is 0 Å². The number of nitrogens with zero attached hydrogens (tertiary/aromatic N) is 4. The number of rotatable bonds is 3. The maximum atomic E-state index is 12.7. The molecule has 1 saturated heterocycles. The van der Waals surface area contributed by atoms with Gasteiger partial charge < -0.3 is 9.80 Å². The first kappa shape index (κ1) is 17.9. The number of hydrogen-bond donors (Lipinski definition) is 0. The lowest BCUT2D eigenvalue weighted by molar-refractivity contribution is 0.0745. The molecule has 1 aliphatic heterocycles. The summed E-state index contributed by atoms with van der Waals surface area (Å²) in [6.45, 7) is 2.89. The molecule has 1 fully saturated rings. The number of carbonyl (C=O) groups is 1. The van der Waals surface area contributed by atoms with Crippen LogP contribution in [0.5, 0.6) is 0 Å². The van der Waals surface area contributed by atoms with Crippen LogP contribution in [0.4, 0.5) is 5.82 Å². The molecular weight excluding hydrogens is 451 g/mol. The molecule has 0 spiro atoms. The van der Waals surface area contributed by atoms with E-state index in [9.17, 15) is 4.79 Å². The monoisotopic (exact) mass is 470 g/mol. The third kappa shape index (κ3) is 3.95. The van der Waals surface area contributed by atoms with E-state index in [1.807, 2.05) is 71.6 Å². The minimum atomic E-state index is 0.102. The number of piperazine rings is 1. The molecule has 2 aromatic carbocycles. The van der Waals surface area contributed by atoms with Crippen LogP contribution in [0.15, 0.2) is 66.7 Å². The van der Waals surface area contributed by atoms with E-state index in [0.717, 1.165) is 39.3 Å². The van der Waals surface area contributed by atoms with E-state index in [2.05, 4.69) is 37.7 Å². The van der Waals surface area contributed by atoms with Gasteiger partial charge in [0.05, 0.1) is 11.3 Å². The molecule has 27 heavy (non-hydrogen) atoms. The molecule has 0 bridgehead atoms. The number of aromatic nitrogens is 2. The molecule has 4 rings (SSSR count). The van der Waals surface area contributed by atoms with Crippen molar-refractivity contribution in [1.82, 2.24) is 15.1 Å². The quantitative estimate of drug-likeness (QED) is 0.548. The van der Waals surface area contributed by atoms with E-state index in [1.165, 1.54) is 0 Å². The summed E-state index contributed by atoms with van der Waals surface area (Å²) in [5, 5.41) is 8.76. The maximum Gasteiger partial charge on any atom is 0.255 e. The van der Waals surface area contributed by atoms with Crippen molar-refractivity contribution in [2.75, 3.05) is 31.1 Å². The first-order valence-corrected chi connectivity index (χ1v) is 9.98. The van der Waals surface area contributed by atoms with Gasteiger partial charge >= 0.3 is 0 Å². The fourth-order valence-electron chi connectivity index (χ4n) is 3.20. The van der Waals surface area contributed by atoms with Gasteiger partial charge in [0.2, 0.25) is 0 Å². The smallest absolute Gasteiger partial charge is 0.255 e. The summed E-state index contributed by atoms with van der Waals surface area (Å²) in [5.41, 5.74) is 2.70. The van der Waals surface area contributed by atoms with Gasteiger partial charge in [-0.25, -0.2) is 0 Å². The predicted molar refractivity (Wildman–Crippen MR) is 115 cm³/mol. The fraction of sp³-hybridized carbons (Fsp3) is 0.190. The van der Waals surface area contributed by atoms with Crippen LogP contribution in [-0.2, 0) is 0 Å². The number of halogens is 1. The van der Waals surface area contributed by atoms with E-state index in [4.69, 9.17) is 0 Å². The second-order valence-corrected chi connectivity index (χ2v) is 7.56. The van der Waals surface area contributed by atoms with Crippen molar-refractivity contribution < 1.29 is 4.79 Å². The van der Waals surface area contributed by atoms with E-state index in [1.54, 1.807) is 0 Å². The molecule has 1 aromatic heterocycles. The van der Waals surface area contributed by atoms with Crippen molar-refractivity contribution >= 4 is 34.3 Å². The summed E-state index contributed by atoms with van der Waals surface area (Å²) in [5.74, 6) is 0.959. The largest absolute Gasteiger partial charge is 0.352 e. The van der Waals surface area contributed by atoms with Crippen LogP contribution in [0.3, 0.4) is 0 Å². The maximum absolute atomic E-state index is 12.7. The van der Waals surface area contributed by atoms with Crippen molar-refractivity contribution in [2.45, 2.75) is 0 Å². The van der Waals surface area contributed by atoms with Crippen LogP contribution < -0.4 is 4.90 Å². The molecular formula is C21H19IN4O. The van der Waals surface area contributed by atoms with Crippen LogP contribution >= 0.6 is 22.6 Å². The highest BCUT2D eigenvalue weighted by Crippen LogP contribution is 2.20. The van der Waals surface area contributed by atoms with Crippen LogP contribution in [0, 0.1) is 3.57 Å². The van der Waals surface area contributed by atoms with Crippen LogP contribution in [0.25, 0.3) is 11.3 Å². The summed E-state index contributed by atoms with van der Waals surface area (Å²) in [7, 11) is 0. The van der Waals surface area contributed by atoms with Crippen LogP contribution in [0.1, 0.15) is 10.4 Å². The third-order valence-corrected chi connectivity index (χ3v) is 5.66. The number of benzene rings is 2. The van der Waals surface area contributed by atoms with Gasteiger partial charge in [0.15, 0.2) is 5.82 Å². The number of hydrogen-bond acceptors (Lipinski definition) is 4. The molecule has 1 aliphatic rings. The van der Waals surface area contributed by atoms with E-state index in [0.29, 0.717) is 13.1 Å². The molecule has 3 aromatic rings. The SMILES string of the molecule is O=C(c1ccccc1I)N1CCN(c2ccc(-c3ccccc3)nn2)CC1. The zero-order valence-corrected chi connectivity index (χ0v) is 16.9. The average Bonchev–Trinajstić information content (AvgIpc) is 2.74. The molecule has 0 aliphatic carbocycles. The zero-order chi connectivity index (χ0) is 18.6. The molecule has 0 saturated carbocycles. The van der Waals surface area contributed by atoms with Gasteiger partial charge in [0, 0.05) is 35.3 Å². The standard InChI is InChI=1S/C21H19IN4O/c22-18-9-5-4-8-17(18)21(27)26-14-12-25(13-15-26)20-11-10-19(23-24-20)16-6-2-1-3-7-16/h1-11H,12-15H2. The van der Waals surface area contributed by atoms with Crippen LogP contribution in [-0.4, -0.2) is 47.2 Å². The lowest BCUT2D eigenvalue weighted by atomic mass is 10.1. The Hall–Kier alpha value is -2.48. The lowest BCUT2D eigenvalue weighted by Gasteiger charge is -2.35. The third-order valence-electron chi connectivity index (χ3n) is 4.72. The van der Waals surface area contributed by atoms with Gasteiger partial charge in [-0.2, -0.15) is 0 Å². The molecule has 6 heteroatoms. The minimum Gasteiger partial charge on any atom is -0.352 e. The molecule has 0 N–H and O–H groups in total. The topological polar surface area (TPSA) is 49.3 Å². The van der Waals surface area contributed by atoms with Crippen molar-refractivity contribution in [2.24, 2.45) is 0 Å². The molecule has 0 unspecified atom stereocenters. The van der Waals surface area contributed by atoms with Gasteiger partial charge in [-0.05, 0) is 46.9 Å². The first-order chi connectivity index (χ1) is 13.2. The summed E-state index contributed by atoms with van der Waals surface area (Å²) in [6, 6.07) is 21.8. The van der Waals surface area contributed by atoms with Gasteiger partial charge in [-0.3, -0.25) is 4.79 Å². The van der Waals surface area contributed by atoms with E-state index < -0.39 is 0 Å². The number of anilines is 1. The van der Waals surface area contributed by atoms with Gasteiger partial charge in [-0.1, -0.05) is 42.5 Å². The lowest BCUT2D eigenvalue weighted by Crippen LogP contribution is -2.49. The Kier molecular flexibility index (Phi) is 5.33. The molecule has 0 radical (unpaired) electrons. The second kappa shape index (κ2) is 8.04. The molecule has 2 heterocycles. The Morgan fingerprint density at radius 1 is 0.815 bits per heavy atom. The Bertz CT molecular complexity index is 922. The number of amides is 1. The molecule has 5 nitrogen and oxygen atoms in total. The predicted octanol–water partition coefficient (Wildman–Crippen LogP) is 3.71. The van der Waals surface area contributed by atoms with Crippen molar-refractivity contribution in [1.29, 1.82) is 0 Å². The van der Waals surface area contributed by atoms with E-state index in [-0.39, 0.29) is 5.91 Å². The Balaban J connectivity index is 1.41. The fourth-order valence-corrected chi connectivity index (χ4v) is 3.82. The summed E-state index contributed by atoms with van der Waals surface area (Å²) >= 11 is 2.22. The van der Waals surface area contributed by atoms with Crippen molar-refractivity contribution in [3.05, 3.63) is 75.9 Å². The Labute approximate surface area is 172 Å². The first-order valence-electron chi connectivity index (χ1n) is 8.90. The highest BCUT2D eigenvalue weighted by Gasteiger charge is 2.24. The van der Waals surface area contributed by atoms with Crippen molar-refractivity contribution in [3.8, 4) is 11.3 Å². The highest BCUT2D eigenvalue weighted by molar-refractivity contribution is 14.1. The Morgan fingerprint density at radius 2 is 1.52 bits per heavy atom. The second-order valence-electron chi connectivity index (χ2n) is 6.40. The molecule has 136 valence electrons. The average molecular weight is 470 g/mol. The normalized spacial score (nSPS) is 14.3. The van der Waals surface area contributed by atoms with Gasteiger partial charge in [0.25, 0.3) is 5.91 Å². The molecule has 0 atom stereocenters. The van der Waals surface area contributed by atoms with E-state index >= 15 is 0 Å². The summed E-state index contributed by atoms with van der Waals surface area (Å²) < 4.78 is 0.991.